The lowest BCUT2D eigenvalue weighted by Gasteiger charge is -2.00. The van der Waals surface area contributed by atoms with Crippen LogP contribution < -0.4 is 0 Å². The lowest BCUT2D eigenvalue weighted by atomic mass is 10.2. The fourth-order valence-corrected chi connectivity index (χ4v) is 1.27. The van der Waals surface area contributed by atoms with E-state index in [0.717, 1.165) is 0 Å². The number of halogens is 5. The van der Waals surface area contributed by atoms with Gasteiger partial charge in [-0.15, -0.1) is 0 Å². The SMILES string of the molecule is N#Cc1ccccc1.O=[N+]([O-])c1c(F)c(F)c(F)c(F)c1F. The third kappa shape index (κ3) is 3.54. The van der Waals surface area contributed by atoms with Gasteiger partial charge >= 0.3 is 5.69 Å². The zero-order valence-corrected chi connectivity index (χ0v) is 10.5. The highest BCUT2D eigenvalue weighted by Gasteiger charge is 2.33. The van der Waals surface area contributed by atoms with E-state index in [9.17, 15) is 32.1 Å². The summed E-state index contributed by atoms with van der Waals surface area (Å²) in [7, 11) is 0. The van der Waals surface area contributed by atoms with E-state index in [-0.39, 0.29) is 0 Å². The Labute approximate surface area is 120 Å². The maximum absolute atomic E-state index is 12.5. The molecule has 0 aliphatic rings. The van der Waals surface area contributed by atoms with Crippen molar-refractivity contribution in [2.75, 3.05) is 0 Å². The van der Waals surface area contributed by atoms with Gasteiger partial charge in [-0.2, -0.15) is 14.0 Å². The predicted molar refractivity (Wildman–Crippen MR) is 64.0 cm³/mol. The molecule has 0 spiro atoms. The van der Waals surface area contributed by atoms with Crippen LogP contribution >= 0.6 is 0 Å². The molecule has 0 N–H and O–H groups in total. The van der Waals surface area contributed by atoms with Crippen LogP contribution in [0.4, 0.5) is 27.6 Å². The summed E-state index contributed by atoms with van der Waals surface area (Å²) in [6.45, 7) is 0. The molecule has 2 rings (SSSR count). The molecule has 0 fully saturated rings. The number of hydrogen-bond donors (Lipinski definition) is 0. The molecule has 9 heteroatoms. The van der Waals surface area contributed by atoms with Crippen molar-refractivity contribution < 1.29 is 26.9 Å². The highest BCUT2D eigenvalue weighted by molar-refractivity contribution is 5.35. The predicted octanol–water partition coefficient (Wildman–Crippen LogP) is 3.85. The highest BCUT2D eigenvalue weighted by Crippen LogP contribution is 2.28. The van der Waals surface area contributed by atoms with Crippen molar-refractivity contribution in [1.29, 1.82) is 5.26 Å². The first-order valence-corrected chi connectivity index (χ1v) is 5.42. The smallest absolute Gasteiger partial charge is 0.258 e. The van der Waals surface area contributed by atoms with Gasteiger partial charge in [0.1, 0.15) is 0 Å². The van der Waals surface area contributed by atoms with Crippen LogP contribution in [0.3, 0.4) is 0 Å². The molecular weight excluding hydrogens is 311 g/mol. The summed E-state index contributed by atoms with van der Waals surface area (Å²) >= 11 is 0. The first-order valence-electron chi connectivity index (χ1n) is 5.42. The van der Waals surface area contributed by atoms with Gasteiger partial charge in [-0.25, -0.2) is 13.2 Å². The monoisotopic (exact) mass is 316 g/mol. The Hall–Kier alpha value is -3.02. The van der Waals surface area contributed by atoms with E-state index >= 15 is 0 Å². The molecule has 4 nitrogen and oxygen atoms in total. The summed E-state index contributed by atoms with van der Waals surface area (Å²) in [6.07, 6.45) is 0. The van der Waals surface area contributed by atoms with Gasteiger partial charge in [0, 0.05) is 0 Å². The van der Waals surface area contributed by atoms with Gasteiger partial charge in [-0.3, -0.25) is 10.1 Å². The molecule has 114 valence electrons. The van der Waals surface area contributed by atoms with Gasteiger partial charge in [-0.05, 0) is 12.1 Å². The molecule has 0 amide bonds. The molecule has 0 aliphatic heterocycles. The Kier molecular flexibility index (Phi) is 5.51. The number of nitrogens with zero attached hydrogens (tertiary/aromatic N) is 2. The molecule has 0 heterocycles. The van der Waals surface area contributed by atoms with Gasteiger partial charge in [-0.1, -0.05) is 18.2 Å². The average molecular weight is 316 g/mol. The molecule has 0 aliphatic carbocycles. The average Bonchev–Trinajstić information content (AvgIpc) is 2.52. The van der Waals surface area contributed by atoms with Crippen LogP contribution in [0.1, 0.15) is 5.56 Å². The summed E-state index contributed by atoms with van der Waals surface area (Å²) < 4.78 is 61.9. The standard InChI is InChI=1S/C7H5N.C6F5NO2/c8-6-7-4-2-1-3-5-7;7-1-2(8)4(10)6(12(13)14)5(11)3(1)9/h1-5H;. The summed E-state index contributed by atoms with van der Waals surface area (Å²) in [4.78, 5) is 8.24. The Morgan fingerprint density at radius 2 is 1.27 bits per heavy atom. The highest BCUT2D eigenvalue weighted by atomic mass is 19.2. The summed E-state index contributed by atoms with van der Waals surface area (Å²) in [5.41, 5.74) is -1.34. The van der Waals surface area contributed by atoms with E-state index in [1.807, 2.05) is 24.3 Å². The van der Waals surface area contributed by atoms with Crippen LogP contribution in [-0.2, 0) is 0 Å². The fourth-order valence-electron chi connectivity index (χ4n) is 1.27. The lowest BCUT2D eigenvalue weighted by Crippen LogP contribution is -2.06. The van der Waals surface area contributed by atoms with Crippen LogP contribution in [0.25, 0.3) is 0 Å². The molecule has 2 aromatic carbocycles. The maximum Gasteiger partial charge on any atom is 0.346 e. The van der Waals surface area contributed by atoms with Gasteiger partial charge in [0.15, 0.2) is 0 Å². The summed E-state index contributed by atoms with van der Waals surface area (Å²) in [5.74, 6) is -12.0. The second-order valence-corrected chi connectivity index (χ2v) is 3.65. The van der Waals surface area contributed by atoms with E-state index in [1.165, 1.54) is 0 Å². The maximum atomic E-state index is 12.5. The van der Waals surface area contributed by atoms with E-state index < -0.39 is 39.7 Å². The first-order chi connectivity index (χ1) is 10.3. The van der Waals surface area contributed by atoms with Gasteiger partial charge in [0.25, 0.3) is 0 Å². The molecule has 0 saturated carbocycles. The van der Waals surface area contributed by atoms with Gasteiger partial charge in [0.2, 0.25) is 29.1 Å². The minimum atomic E-state index is -2.43. The van der Waals surface area contributed by atoms with E-state index in [4.69, 9.17) is 5.26 Å². The Bertz CT molecular complexity index is 715. The number of benzene rings is 2. The minimum absolute atomic E-state index is 0.715. The van der Waals surface area contributed by atoms with Crippen LogP contribution in [0.5, 0.6) is 0 Å². The second kappa shape index (κ2) is 7.12. The zero-order chi connectivity index (χ0) is 16.9. The topological polar surface area (TPSA) is 66.9 Å². The molecule has 0 unspecified atom stereocenters. The molecule has 0 radical (unpaired) electrons. The molecule has 0 saturated heterocycles. The minimum Gasteiger partial charge on any atom is -0.258 e. The summed E-state index contributed by atoms with van der Waals surface area (Å²) in [5, 5.41) is 18.2. The quantitative estimate of drug-likeness (QED) is 0.264. The number of hydrogen-bond acceptors (Lipinski definition) is 3. The van der Waals surface area contributed by atoms with E-state index in [2.05, 4.69) is 0 Å². The fraction of sp³-hybridized carbons (Fsp3) is 0. The van der Waals surface area contributed by atoms with Crippen LogP contribution in [0.2, 0.25) is 0 Å². The Morgan fingerprint density at radius 1 is 0.864 bits per heavy atom. The number of nitro benzene ring substituents is 1. The van der Waals surface area contributed by atoms with Gasteiger partial charge < -0.3 is 0 Å². The zero-order valence-electron chi connectivity index (χ0n) is 10.5. The third-order valence-electron chi connectivity index (χ3n) is 2.27. The van der Waals surface area contributed by atoms with Crippen molar-refractivity contribution in [2.45, 2.75) is 0 Å². The second-order valence-electron chi connectivity index (χ2n) is 3.65. The number of nitriles is 1. The number of rotatable bonds is 1. The van der Waals surface area contributed by atoms with Crippen molar-refractivity contribution in [3.63, 3.8) is 0 Å². The molecule has 0 bridgehead atoms. The van der Waals surface area contributed by atoms with Crippen LogP contribution in [0.15, 0.2) is 30.3 Å². The summed E-state index contributed by atoms with van der Waals surface area (Å²) in [6, 6.07) is 11.2. The van der Waals surface area contributed by atoms with Crippen molar-refractivity contribution >= 4 is 5.69 Å². The largest absolute Gasteiger partial charge is 0.346 e. The van der Waals surface area contributed by atoms with Crippen molar-refractivity contribution in [2.24, 2.45) is 0 Å². The van der Waals surface area contributed by atoms with Crippen molar-refractivity contribution in [3.05, 3.63) is 75.1 Å². The first kappa shape index (κ1) is 17.0. The molecular formula is C13H5F5N2O2. The molecule has 0 aromatic heterocycles. The van der Waals surface area contributed by atoms with E-state index in [1.54, 1.807) is 12.1 Å². The molecule has 0 atom stereocenters. The van der Waals surface area contributed by atoms with E-state index in [0.29, 0.717) is 5.56 Å². The van der Waals surface area contributed by atoms with Crippen molar-refractivity contribution in [3.8, 4) is 6.07 Å². The van der Waals surface area contributed by atoms with Crippen molar-refractivity contribution in [1.82, 2.24) is 0 Å². The lowest BCUT2D eigenvalue weighted by molar-refractivity contribution is -0.390. The normalized spacial score (nSPS) is 9.45. The third-order valence-corrected chi connectivity index (χ3v) is 2.27. The number of nitro groups is 1. The van der Waals surface area contributed by atoms with Crippen LogP contribution in [0, 0.1) is 50.5 Å². The van der Waals surface area contributed by atoms with Gasteiger partial charge in [0.05, 0.1) is 16.6 Å². The van der Waals surface area contributed by atoms with Crippen LogP contribution in [-0.4, -0.2) is 4.92 Å². The Morgan fingerprint density at radius 3 is 1.59 bits per heavy atom. The molecule has 2 aromatic rings. The Balaban J connectivity index is 0.000000255. The molecule has 22 heavy (non-hydrogen) atoms.